The van der Waals surface area contributed by atoms with Crippen molar-refractivity contribution in [2.24, 2.45) is 10.7 Å². The monoisotopic (exact) mass is 327 g/mol. The molecular weight excluding hydrogens is 309 g/mol. The minimum atomic E-state index is -0.265. The zero-order chi connectivity index (χ0) is 13.7. The molecule has 0 amide bonds. The quantitative estimate of drug-likeness (QED) is 0.661. The lowest BCUT2D eigenvalue weighted by molar-refractivity contribution is 0.412. The second kappa shape index (κ2) is 6.89. The SMILES string of the molecule is NC(=NCc1cc(F)cc(Br)c1)NC1CCCCC1. The highest BCUT2D eigenvalue weighted by Crippen LogP contribution is 2.17. The van der Waals surface area contributed by atoms with Crippen LogP contribution < -0.4 is 11.1 Å². The van der Waals surface area contributed by atoms with Crippen molar-refractivity contribution in [2.75, 3.05) is 0 Å². The normalized spacial score (nSPS) is 17.5. The third-order valence-corrected chi connectivity index (χ3v) is 3.77. The maximum atomic E-state index is 13.2. The van der Waals surface area contributed by atoms with Crippen molar-refractivity contribution in [1.29, 1.82) is 0 Å². The van der Waals surface area contributed by atoms with Crippen LogP contribution in [0, 0.1) is 5.82 Å². The summed E-state index contributed by atoms with van der Waals surface area (Å²) in [5.41, 5.74) is 6.67. The van der Waals surface area contributed by atoms with Gasteiger partial charge in [0, 0.05) is 10.5 Å². The molecule has 0 spiro atoms. The van der Waals surface area contributed by atoms with Crippen molar-refractivity contribution < 1.29 is 4.39 Å². The molecule has 1 fully saturated rings. The van der Waals surface area contributed by atoms with Crippen molar-refractivity contribution in [2.45, 2.75) is 44.7 Å². The van der Waals surface area contributed by atoms with E-state index in [0.717, 1.165) is 22.9 Å². The van der Waals surface area contributed by atoms with E-state index in [9.17, 15) is 4.39 Å². The van der Waals surface area contributed by atoms with Gasteiger partial charge >= 0.3 is 0 Å². The van der Waals surface area contributed by atoms with Crippen LogP contribution in [0.1, 0.15) is 37.7 Å². The molecule has 2 rings (SSSR count). The number of rotatable bonds is 3. The van der Waals surface area contributed by atoms with Gasteiger partial charge in [0.05, 0.1) is 6.54 Å². The Balaban J connectivity index is 1.89. The molecule has 5 heteroatoms. The standard InChI is InChI=1S/C14H19BrFN3/c15-11-6-10(7-12(16)8-11)9-18-14(17)19-13-4-2-1-3-5-13/h6-8,13H,1-5,9H2,(H3,17,18,19). The number of halogens is 2. The number of aliphatic imine (C=N–C) groups is 1. The van der Waals surface area contributed by atoms with Crippen LogP contribution in [-0.2, 0) is 6.54 Å². The summed E-state index contributed by atoms with van der Waals surface area (Å²) >= 11 is 3.26. The summed E-state index contributed by atoms with van der Waals surface area (Å²) in [5.74, 6) is 0.186. The molecule has 1 aromatic carbocycles. The highest BCUT2D eigenvalue weighted by Gasteiger charge is 2.13. The molecule has 0 bridgehead atoms. The number of hydrogen-bond acceptors (Lipinski definition) is 1. The molecular formula is C14H19BrFN3. The van der Waals surface area contributed by atoms with Crippen LogP contribution in [0.5, 0.6) is 0 Å². The molecule has 3 N–H and O–H groups in total. The van der Waals surface area contributed by atoms with Gasteiger partial charge < -0.3 is 11.1 Å². The van der Waals surface area contributed by atoms with E-state index in [0.29, 0.717) is 18.5 Å². The Bertz CT molecular complexity index is 436. The predicted molar refractivity (Wildman–Crippen MR) is 79.4 cm³/mol. The largest absolute Gasteiger partial charge is 0.370 e. The molecule has 0 unspecified atom stereocenters. The molecule has 0 atom stereocenters. The molecule has 1 aliphatic rings. The Labute approximate surface area is 121 Å². The molecule has 0 aromatic heterocycles. The summed E-state index contributed by atoms with van der Waals surface area (Å²) in [6.45, 7) is 0.391. The fourth-order valence-corrected chi connectivity index (χ4v) is 2.89. The van der Waals surface area contributed by atoms with E-state index < -0.39 is 0 Å². The molecule has 0 radical (unpaired) electrons. The van der Waals surface area contributed by atoms with Gasteiger partial charge in [0.25, 0.3) is 0 Å². The Morgan fingerprint density at radius 1 is 1.32 bits per heavy atom. The predicted octanol–water partition coefficient (Wildman–Crippen LogP) is 3.33. The smallest absolute Gasteiger partial charge is 0.189 e. The highest BCUT2D eigenvalue weighted by molar-refractivity contribution is 9.10. The maximum absolute atomic E-state index is 13.2. The first-order valence-corrected chi connectivity index (χ1v) is 7.44. The van der Waals surface area contributed by atoms with Crippen LogP contribution in [0.3, 0.4) is 0 Å². The summed E-state index contributed by atoms with van der Waals surface area (Å²) < 4.78 is 13.9. The third-order valence-electron chi connectivity index (χ3n) is 3.31. The summed E-state index contributed by atoms with van der Waals surface area (Å²) in [6.07, 6.45) is 6.12. The average molecular weight is 328 g/mol. The van der Waals surface area contributed by atoms with E-state index in [1.165, 1.54) is 31.4 Å². The zero-order valence-electron chi connectivity index (χ0n) is 10.8. The molecule has 1 saturated carbocycles. The van der Waals surface area contributed by atoms with Gasteiger partial charge in [0.15, 0.2) is 5.96 Å². The van der Waals surface area contributed by atoms with E-state index in [1.807, 2.05) is 6.07 Å². The minimum absolute atomic E-state index is 0.265. The van der Waals surface area contributed by atoms with Gasteiger partial charge in [-0.05, 0) is 36.6 Å². The number of hydrogen-bond donors (Lipinski definition) is 2. The first-order chi connectivity index (χ1) is 9.13. The fourth-order valence-electron chi connectivity index (χ4n) is 2.38. The number of benzene rings is 1. The molecule has 3 nitrogen and oxygen atoms in total. The molecule has 104 valence electrons. The Morgan fingerprint density at radius 3 is 2.74 bits per heavy atom. The first-order valence-electron chi connectivity index (χ1n) is 6.65. The Kier molecular flexibility index (Phi) is 5.19. The number of nitrogens with zero attached hydrogens (tertiary/aromatic N) is 1. The van der Waals surface area contributed by atoms with Gasteiger partial charge in [-0.2, -0.15) is 0 Å². The second-order valence-electron chi connectivity index (χ2n) is 4.96. The maximum Gasteiger partial charge on any atom is 0.189 e. The average Bonchev–Trinajstić information content (AvgIpc) is 2.36. The summed E-state index contributed by atoms with van der Waals surface area (Å²) in [6, 6.07) is 5.19. The lowest BCUT2D eigenvalue weighted by atomic mass is 9.96. The number of guanidine groups is 1. The van der Waals surface area contributed by atoms with Crippen LogP contribution >= 0.6 is 15.9 Å². The zero-order valence-corrected chi connectivity index (χ0v) is 12.4. The second-order valence-corrected chi connectivity index (χ2v) is 5.87. The molecule has 19 heavy (non-hydrogen) atoms. The molecule has 0 saturated heterocycles. The summed E-state index contributed by atoms with van der Waals surface area (Å²) in [4.78, 5) is 4.27. The number of nitrogens with one attached hydrogen (secondary N) is 1. The highest BCUT2D eigenvalue weighted by atomic mass is 79.9. The van der Waals surface area contributed by atoms with Gasteiger partial charge in [-0.3, -0.25) is 0 Å². The third kappa shape index (κ3) is 4.82. The Morgan fingerprint density at radius 2 is 2.05 bits per heavy atom. The molecule has 1 aromatic rings. The summed E-state index contributed by atoms with van der Waals surface area (Å²) in [7, 11) is 0. The van der Waals surface area contributed by atoms with Crippen molar-refractivity contribution in [3.8, 4) is 0 Å². The van der Waals surface area contributed by atoms with Gasteiger partial charge in [-0.25, -0.2) is 9.38 Å². The lowest BCUT2D eigenvalue weighted by Gasteiger charge is -2.23. The van der Waals surface area contributed by atoms with Gasteiger partial charge in [-0.1, -0.05) is 35.2 Å². The molecule has 0 heterocycles. The van der Waals surface area contributed by atoms with Gasteiger partial charge in [-0.15, -0.1) is 0 Å². The van der Waals surface area contributed by atoms with Crippen LogP contribution in [0.15, 0.2) is 27.7 Å². The fraction of sp³-hybridized carbons (Fsp3) is 0.500. The van der Waals surface area contributed by atoms with Crippen molar-refractivity contribution in [3.05, 3.63) is 34.1 Å². The van der Waals surface area contributed by atoms with Crippen LogP contribution in [0.2, 0.25) is 0 Å². The Hall–Kier alpha value is -1.10. The molecule has 1 aliphatic carbocycles. The van der Waals surface area contributed by atoms with Crippen molar-refractivity contribution in [1.82, 2.24) is 5.32 Å². The van der Waals surface area contributed by atoms with E-state index in [1.54, 1.807) is 0 Å². The minimum Gasteiger partial charge on any atom is -0.370 e. The van der Waals surface area contributed by atoms with Crippen LogP contribution in [-0.4, -0.2) is 12.0 Å². The van der Waals surface area contributed by atoms with Gasteiger partial charge in [0.2, 0.25) is 0 Å². The van der Waals surface area contributed by atoms with Crippen LogP contribution in [0.25, 0.3) is 0 Å². The van der Waals surface area contributed by atoms with Crippen molar-refractivity contribution in [3.63, 3.8) is 0 Å². The summed E-state index contributed by atoms with van der Waals surface area (Å²) in [5, 5.41) is 3.24. The van der Waals surface area contributed by atoms with Gasteiger partial charge in [0.1, 0.15) is 5.82 Å². The topological polar surface area (TPSA) is 50.4 Å². The van der Waals surface area contributed by atoms with E-state index in [2.05, 4.69) is 26.2 Å². The van der Waals surface area contributed by atoms with E-state index >= 15 is 0 Å². The van der Waals surface area contributed by atoms with Crippen molar-refractivity contribution >= 4 is 21.9 Å². The molecule has 0 aliphatic heterocycles. The van der Waals surface area contributed by atoms with E-state index in [4.69, 9.17) is 5.73 Å². The van der Waals surface area contributed by atoms with E-state index in [-0.39, 0.29) is 5.82 Å². The number of nitrogens with two attached hydrogens (primary N) is 1. The van der Waals surface area contributed by atoms with Crippen LogP contribution in [0.4, 0.5) is 4.39 Å². The lowest BCUT2D eigenvalue weighted by Crippen LogP contribution is -2.41. The first kappa shape index (κ1) is 14.3.